The van der Waals surface area contributed by atoms with Crippen LogP contribution in [0.25, 0.3) is 22.2 Å². The fourth-order valence-electron chi connectivity index (χ4n) is 3.67. The summed E-state index contributed by atoms with van der Waals surface area (Å²) in [4.78, 5) is 43.4. The van der Waals surface area contributed by atoms with Crippen LogP contribution >= 0.6 is 11.6 Å². The second kappa shape index (κ2) is 7.97. The molecule has 1 amide bonds. The highest BCUT2D eigenvalue weighted by Gasteiger charge is 2.26. The number of para-hydroxylation sites is 1. The highest BCUT2D eigenvalue weighted by molar-refractivity contribution is 6.34. The fraction of sp³-hybridized carbons (Fsp3) is 0.130. The van der Waals surface area contributed by atoms with E-state index in [0.29, 0.717) is 16.3 Å². The maximum Gasteiger partial charge on any atom is 0.332 e. The van der Waals surface area contributed by atoms with E-state index < -0.39 is 17.2 Å². The van der Waals surface area contributed by atoms with E-state index in [1.807, 2.05) is 19.1 Å². The first-order chi connectivity index (χ1) is 15.2. The number of aromatic nitrogens is 3. The number of fused-ring (bicyclic) bond motifs is 1. The Kier molecular flexibility index (Phi) is 5.31. The zero-order valence-corrected chi connectivity index (χ0v) is 18.4. The van der Waals surface area contributed by atoms with Gasteiger partial charge in [-0.05, 0) is 24.6 Å². The first kappa shape index (κ1) is 21.3. The first-order valence-electron chi connectivity index (χ1n) is 9.73. The highest BCUT2D eigenvalue weighted by Crippen LogP contribution is 2.36. The van der Waals surface area contributed by atoms with Gasteiger partial charge in [0.1, 0.15) is 5.82 Å². The third-order valence-corrected chi connectivity index (χ3v) is 5.71. The lowest BCUT2D eigenvalue weighted by atomic mass is 9.96. The Hall–Kier alpha value is -3.91. The molecule has 0 saturated carbocycles. The number of carbonyl (C=O) groups excluding carboxylic acids is 1. The second-order valence-corrected chi connectivity index (χ2v) is 7.81. The van der Waals surface area contributed by atoms with Gasteiger partial charge in [0.2, 0.25) is 0 Å². The van der Waals surface area contributed by atoms with Gasteiger partial charge < -0.3 is 11.1 Å². The number of benzene rings is 2. The Morgan fingerprint density at radius 1 is 1.03 bits per heavy atom. The summed E-state index contributed by atoms with van der Waals surface area (Å²) in [7, 11) is 2.85. The van der Waals surface area contributed by atoms with Gasteiger partial charge >= 0.3 is 5.69 Å². The van der Waals surface area contributed by atoms with Crippen molar-refractivity contribution in [1.82, 2.24) is 14.1 Å². The minimum absolute atomic E-state index is 0.00426. The van der Waals surface area contributed by atoms with Gasteiger partial charge in [-0.25, -0.2) is 9.78 Å². The monoisotopic (exact) mass is 449 g/mol. The van der Waals surface area contributed by atoms with Crippen LogP contribution < -0.4 is 22.3 Å². The third kappa shape index (κ3) is 3.34. The molecule has 2 aromatic carbocycles. The van der Waals surface area contributed by atoms with Crippen LogP contribution in [0.2, 0.25) is 5.02 Å². The summed E-state index contributed by atoms with van der Waals surface area (Å²) in [5.74, 6) is -0.668. The largest absolute Gasteiger partial charge is 0.383 e. The molecule has 0 saturated heterocycles. The van der Waals surface area contributed by atoms with Gasteiger partial charge in [-0.15, -0.1) is 0 Å². The van der Waals surface area contributed by atoms with Crippen molar-refractivity contribution >= 4 is 40.0 Å². The van der Waals surface area contributed by atoms with E-state index in [1.54, 1.807) is 36.4 Å². The highest BCUT2D eigenvalue weighted by atomic mass is 35.5. The number of rotatable bonds is 3. The molecule has 0 radical (unpaired) electrons. The van der Waals surface area contributed by atoms with Crippen molar-refractivity contribution in [3.63, 3.8) is 0 Å². The lowest BCUT2D eigenvalue weighted by Crippen LogP contribution is -2.38. The van der Waals surface area contributed by atoms with Crippen LogP contribution in [0.15, 0.2) is 58.1 Å². The van der Waals surface area contributed by atoms with E-state index in [4.69, 9.17) is 17.3 Å². The number of nitrogens with zero attached hydrogens (tertiary/aromatic N) is 3. The SMILES string of the molecule is Cc1ccccc1NC(=O)c1c(N)nc2c(c1-c1ccccc1Cl)c(=O)n(C)c(=O)n2C. The van der Waals surface area contributed by atoms with E-state index >= 15 is 0 Å². The molecule has 3 N–H and O–H groups in total. The average molecular weight is 450 g/mol. The van der Waals surface area contributed by atoms with Crippen LogP contribution in [-0.2, 0) is 14.1 Å². The number of nitrogen functional groups attached to an aromatic ring is 1. The quantitative estimate of drug-likeness (QED) is 0.499. The minimum Gasteiger partial charge on any atom is -0.383 e. The van der Waals surface area contributed by atoms with Gasteiger partial charge in [0.05, 0.1) is 10.9 Å². The van der Waals surface area contributed by atoms with Crippen LogP contribution in [0, 0.1) is 6.92 Å². The number of nitrogens with one attached hydrogen (secondary N) is 1. The van der Waals surface area contributed by atoms with Crippen LogP contribution in [0.1, 0.15) is 15.9 Å². The number of carbonyl (C=O) groups is 1. The van der Waals surface area contributed by atoms with Gasteiger partial charge in [0.15, 0.2) is 5.65 Å². The molecule has 9 heteroatoms. The van der Waals surface area contributed by atoms with Gasteiger partial charge in [0.25, 0.3) is 11.5 Å². The molecule has 0 fully saturated rings. The van der Waals surface area contributed by atoms with Crippen molar-refractivity contribution in [3.8, 4) is 11.1 Å². The molecule has 0 unspecified atom stereocenters. The van der Waals surface area contributed by atoms with Crippen molar-refractivity contribution in [2.75, 3.05) is 11.1 Å². The van der Waals surface area contributed by atoms with Crippen LogP contribution in [-0.4, -0.2) is 20.0 Å². The molecule has 162 valence electrons. The standard InChI is InChI=1S/C23H20ClN5O3/c1-12-8-4-7-11-15(12)26-21(30)17-16(13-9-5-6-10-14(13)24)18-20(27-19(17)25)28(2)23(32)29(3)22(18)31/h4-11H,1-3H3,(H2,25,27)(H,26,30). The molecule has 4 aromatic rings. The van der Waals surface area contributed by atoms with Crippen molar-refractivity contribution in [1.29, 1.82) is 0 Å². The van der Waals surface area contributed by atoms with Gasteiger partial charge in [-0.1, -0.05) is 48.0 Å². The Balaban J connectivity index is 2.13. The van der Waals surface area contributed by atoms with E-state index in [-0.39, 0.29) is 28.0 Å². The topological polar surface area (TPSA) is 112 Å². The molecule has 2 heterocycles. The summed E-state index contributed by atoms with van der Waals surface area (Å²) in [6, 6.07) is 14.1. The summed E-state index contributed by atoms with van der Waals surface area (Å²) >= 11 is 6.47. The van der Waals surface area contributed by atoms with E-state index in [2.05, 4.69) is 10.3 Å². The summed E-state index contributed by atoms with van der Waals surface area (Å²) in [5.41, 5.74) is 7.24. The maximum atomic E-state index is 13.4. The molecule has 0 aliphatic heterocycles. The summed E-state index contributed by atoms with van der Waals surface area (Å²) in [6.07, 6.45) is 0. The van der Waals surface area contributed by atoms with Crippen LogP contribution in [0.3, 0.4) is 0 Å². The predicted octanol–water partition coefficient (Wildman–Crippen LogP) is 3.10. The number of halogens is 1. The number of hydrogen-bond acceptors (Lipinski definition) is 5. The molecule has 0 bridgehead atoms. The van der Waals surface area contributed by atoms with Crippen LogP contribution in [0.4, 0.5) is 11.5 Å². The molecule has 8 nitrogen and oxygen atoms in total. The maximum absolute atomic E-state index is 13.4. The molecular formula is C23H20ClN5O3. The number of hydrogen-bond donors (Lipinski definition) is 2. The van der Waals surface area contributed by atoms with Crippen LogP contribution in [0.5, 0.6) is 0 Å². The smallest absolute Gasteiger partial charge is 0.332 e. The Bertz CT molecular complexity index is 1520. The Labute approximate surface area is 187 Å². The Morgan fingerprint density at radius 2 is 1.69 bits per heavy atom. The molecule has 4 rings (SSSR count). The molecule has 32 heavy (non-hydrogen) atoms. The molecule has 0 spiro atoms. The van der Waals surface area contributed by atoms with Crippen molar-refractivity contribution in [2.45, 2.75) is 6.92 Å². The zero-order valence-electron chi connectivity index (χ0n) is 17.6. The lowest BCUT2D eigenvalue weighted by Gasteiger charge is -2.18. The van der Waals surface area contributed by atoms with E-state index in [1.165, 1.54) is 18.7 Å². The van der Waals surface area contributed by atoms with Gasteiger partial charge in [0, 0.05) is 35.9 Å². The molecule has 0 atom stereocenters. The number of nitrogens with two attached hydrogens (primary N) is 1. The molecule has 2 aromatic heterocycles. The summed E-state index contributed by atoms with van der Waals surface area (Å²) in [6.45, 7) is 1.86. The van der Waals surface area contributed by atoms with Crippen molar-refractivity contribution in [2.24, 2.45) is 14.1 Å². The Morgan fingerprint density at radius 3 is 2.38 bits per heavy atom. The number of amides is 1. The van der Waals surface area contributed by atoms with Crippen molar-refractivity contribution in [3.05, 3.63) is 85.5 Å². The number of aryl methyl sites for hydroxylation is 2. The fourth-order valence-corrected chi connectivity index (χ4v) is 3.90. The van der Waals surface area contributed by atoms with E-state index in [0.717, 1.165) is 10.1 Å². The zero-order chi connectivity index (χ0) is 23.2. The first-order valence-corrected chi connectivity index (χ1v) is 10.1. The predicted molar refractivity (Wildman–Crippen MR) is 126 cm³/mol. The summed E-state index contributed by atoms with van der Waals surface area (Å²) < 4.78 is 2.18. The van der Waals surface area contributed by atoms with Gasteiger partial charge in [-0.2, -0.15) is 0 Å². The average Bonchev–Trinajstić information content (AvgIpc) is 2.77. The lowest BCUT2D eigenvalue weighted by molar-refractivity contribution is 0.102. The van der Waals surface area contributed by atoms with Gasteiger partial charge in [-0.3, -0.25) is 18.7 Å². The van der Waals surface area contributed by atoms with E-state index in [9.17, 15) is 14.4 Å². The summed E-state index contributed by atoms with van der Waals surface area (Å²) in [5, 5.41) is 3.24. The minimum atomic E-state index is -0.601. The number of pyridine rings is 1. The van der Waals surface area contributed by atoms with Crippen molar-refractivity contribution < 1.29 is 4.79 Å². The third-order valence-electron chi connectivity index (χ3n) is 5.38. The molecule has 0 aliphatic carbocycles. The molecular weight excluding hydrogens is 430 g/mol. The second-order valence-electron chi connectivity index (χ2n) is 7.40. The normalized spacial score (nSPS) is 11.0. The molecule has 0 aliphatic rings. The number of anilines is 2.